The molecule has 1 fully saturated rings. The fourth-order valence-electron chi connectivity index (χ4n) is 3.07. The van der Waals surface area contributed by atoms with Crippen molar-refractivity contribution in [1.29, 1.82) is 0 Å². The van der Waals surface area contributed by atoms with E-state index < -0.39 is 0 Å². The summed E-state index contributed by atoms with van der Waals surface area (Å²) in [5, 5.41) is 9.79. The van der Waals surface area contributed by atoms with Crippen LogP contribution in [-0.4, -0.2) is 18.3 Å². The number of rotatable bonds is 5. The van der Waals surface area contributed by atoms with E-state index in [2.05, 4.69) is 25.1 Å². The standard InChI is InChI=1S/C19H22O3/c1-2-6-14-9-10-16(13-20)17(15-7-4-3-5-8-15)18(14)19-21-11-12-22-19/h3-5,7-10,19-20H,2,6,11-13H2,1H3. The molecular formula is C19H22O3. The highest BCUT2D eigenvalue weighted by molar-refractivity contribution is 5.73. The lowest BCUT2D eigenvalue weighted by atomic mass is 9.89. The molecule has 2 aromatic rings. The Labute approximate surface area is 131 Å². The Morgan fingerprint density at radius 3 is 2.32 bits per heavy atom. The van der Waals surface area contributed by atoms with Gasteiger partial charge in [-0.15, -0.1) is 0 Å². The second-order valence-electron chi connectivity index (χ2n) is 5.52. The molecule has 116 valence electrons. The summed E-state index contributed by atoms with van der Waals surface area (Å²) in [6.07, 6.45) is 1.71. The zero-order chi connectivity index (χ0) is 15.4. The third-order valence-electron chi connectivity index (χ3n) is 4.03. The van der Waals surface area contributed by atoms with E-state index in [9.17, 15) is 5.11 Å². The minimum Gasteiger partial charge on any atom is -0.392 e. The number of hydrogen-bond donors (Lipinski definition) is 1. The molecular weight excluding hydrogens is 276 g/mol. The summed E-state index contributed by atoms with van der Waals surface area (Å²) in [5.74, 6) is 0. The van der Waals surface area contributed by atoms with Gasteiger partial charge < -0.3 is 14.6 Å². The summed E-state index contributed by atoms with van der Waals surface area (Å²) in [7, 11) is 0. The normalized spacial score (nSPS) is 15.4. The highest BCUT2D eigenvalue weighted by atomic mass is 16.7. The fraction of sp³-hybridized carbons (Fsp3) is 0.368. The Kier molecular flexibility index (Phi) is 4.88. The number of benzene rings is 2. The summed E-state index contributed by atoms with van der Waals surface area (Å²) in [4.78, 5) is 0. The first-order valence-corrected chi connectivity index (χ1v) is 7.89. The van der Waals surface area contributed by atoms with Crippen LogP contribution in [0.2, 0.25) is 0 Å². The van der Waals surface area contributed by atoms with Gasteiger partial charge in [0.1, 0.15) is 0 Å². The molecule has 0 saturated carbocycles. The van der Waals surface area contributed by atoms with Gasteiger partial charge in [0.2, 0.25) is 0 Å². The van der Waals surface area contributed by atoms with Crippen LogP contribution in [0.15, 0.2) is 42.5 Å². The molecule has 0 atom stereocenters. The van der Waals surface area contributed by atoms with Crippen LogP contribution in [0.5, 0.6) is 0 Å². The number of ether oxygens (including phenoxy) is 2. The van der Waals surface area contributed by atoms with Crippen LogP contribution in [-0.2, 0) is 22.5 Å². The molecule has 3 heteroatoms. The van der Waals surface area contributed by atoms with Crippen molar-refractivity contribution in [2.45, 2.75) is 32.7 Å². The lowest BCUT2D eigenvalue weighted by Crippen LogP contribution is -2.08. The maximum absolute atomic E-state index is 9.79. The zero-order valence-electron chi connectivity index (χ0n) is 12.9. The van der Waals surface area contributed by atoms with Crippen molar-refractivity contribution in [2.75, 3.05) is 13.2 Å². The average Bonchev–Trinajstić information content (AvgIpc) is 3.09. The lowest BCUT2D eigenvalue weighted by Gasteiger charge is -2.22. The van der Waals surface area contributed by atoms with Gasteiger partial charge in [0.05, 0.1) is 19.8 Å². The van der Waals surface area contributed by atoms with Crippen molar-refractivity contribution in [1.82, 2.24) is 0 Å². The summed E-state index contributed by atoms with van der Waals surface area (Å²) in [5.41, 5.74) is 5.39. The number of hydrogen-bond acceptors (Lipinski definition) is 3. The van der Waals surface area contributed by atoms with E-state index in [0.29, 0.717) is 13.2 Å². The Morgan fingerprint density at radius 1 is 1.00 bits per heavy atom. The van der Waals surface area contributed by atoms with E-state index in [1.807, 2.05) is 24.3 Å². The predicted molar refractivity (Wildman–Crippen MR) is 86.4 cm³/mol. The third-order valence-corrected chi connectivity index (χ3v) is 4.03. The number of aryl methyl sites for hydroxylation is 1. The van der Waals surface area contributed by atoms with Crippen LogP contribution in [0, 0.1) is 0 Å². The second-order valence-corrected chi connectivity index (χ2v) is 5.52. The predicted octanol–water partition coefficient (Wildman–Crippen LogP) is 3.84. The van der Waals surface area contributed by atoms with Crippen LogP contribution in [0.4, 0.5) is 0 Å². The van der Waals surface area contributed by atoms with Gasteiger partial charge in [-0.3, -0.25) is 0 Å². The first kappa shape index (κ1) is 15.2. The molecule has 2 aromatic carbocycles. The van der Waals surface area contributed by atoms with Crippen molar-refractivity contribution in [3.8, 4) is 11.1 Å². The monoisotopic (exact) mass is 298 g/mol. The molecule has 1 aliphatic rings. The molecule has 0 aliphatic carbocycles. The van der Waals surface area contributed by atoms with Crippen molar-refractivity contribution >= 4 is 0 Å². The first-order chi connectivity index (χ1) is 10.8. The van der Waals surface area contributed by atoms with Gasteiger partial charge in [-0.1, -0.05) is 55.8 Å². The quantitative estimate of drug-likeness (QED) is 0.911. The minimum atomic E-state index is -0.330. The smallest absolute Gasteiger partial charge is 0.184 e. The van der Waals surface area contributed by atoms with E-state index in [0.717, 1.165) is 35.1 Å². The molecule has 3 rings (SSSR count). The molecule has 0 aromatic heterocycles. The molecule has 3 nitrogen and oxygen atoms in total. The van der Waals surface area contributed by atoms with Crippen LogP contribution < -0.4 is 0 Å². The summed E-state index contributed by atoms with van der Waals surface area (Å²) in [6, 6.07) is 14.3. The van der Waals surface area contributed by atoms with Crippen molar-refractivity contribution in [3.63, 3.8) is 0 Å². The van der Waals surface area contributed by atoms with Gasteiger partial charge >= 0.3 is 0 Å². The number of aliphatic hydroxyl groups is 1. The molecule has 0 radical (unpaired) electrons. The topological polar surface area (TPSA) is 38.7 Å². The van der Waals surface area contributed by atoms with Crippen molar-refractivity contribution in [3.05, 3.63) is 59.2 Å². The van der Waals surface area contributed by atoms with E-state index in [4.69, 9.17) is 9.47 Å². The van der Waals surface area contributed by atoms with Crippen molar-refractivity contribution < 1.29 is 14.6 Å². The molecule has 22 heavy (non-hydrogen) atoms. The highest BCUT2D eigenvalue weighted by Crippen LogP contribution is 2.38. The van der Waals surface area contributed by atoms with Gasteiger partial charge in [-0.2, -0.15) is 0 Å². The maximum atomic E-state index is 9.79. The Balaban J connectivity index is 2.20. The van der Waals surface area contributed by atoms with E-state index in [1.54, 1.807) is 0 Å². The Morgan fingerprint density at radius 2 is 1.68 bits per heavy atom. The van der Waals surface area contributed by atoms with E-state index in [1.165, 1.54) is 5.56 Å². The molecule has 1 aliphatic heterocycles. The zero-order valence-corrected chi connectivity index (χ0v) is 12.9. The van der Waals surface area contributed by atoms with Crippen molar-refractivity contribution in [2.24, 2.45) is 0 Å². The van der Waals surface area contributed by atoms with E-state index >= 15 is 0 Å². The van der Waals surface area contributed by atoms with Gasteiger partial charge in [-0.05, 0) is 28.7 Å². The van der Waals surface area contributed by atoms with Crippen LogP contribution in [0.3, 0.4) is 0 Å². The van der Waals surface area contributed by atoms with Gasteiger partial charge in [-0.25, -0.2) is 0 Å². The lowest BCUT2D eigenvalue weighted by molar-refractivity contribution is -0.0443. The highest BCUT2D eigenvalue weighted by Gasteiger charge is 2.26. The summed E-state index contributed by atoms with van der Waals surface area (Å²) < 4.78 is 11.6. The number of aliphatic hydroxyl groups excluding tert-OH is 1. The molecule has 0 bridgehead atoms. The second kappa shape index (κ2) is 7.05. The molecule has 0 amide bonds. The van der Waals surface area contributed by atoms with E-state index in [-0.39, 0.29) is 12.9 Å². The van der Waals surface area contributed by atoms with Gasteiger partial charge in [0, 0.05) is 5.56 Å². The summed E-state index contributed by atoms with van der Waals surface area (Å²) >= 11 is 0. The SMILES string of the molecule is CCCc1ccc(CO)c(-c2ccccc2)c1C1OCCO1. The molecule has 1 saturated heterocycles. The Hall–Kier alpha value is -1.68. The van der Waals surface area contributed by atoms with Crippen LogP contribution in [0.25, 0.3) is 11.1 Å². The fourth-order valence-corrected chi connectivity index (χ4v) is 3.07. The minimum absolute atomic E-state index is 0.0103. The summed E-state index contributed by atoms with van der Waals surface area (Å²) in [6.45, 7) is 3.42. The molecule has 0 unspecified atom stereocenters. The molecule has 0 spiro atoms. The Bertz CT molecular complexity index is 616. The van der Waals surface area contributed by atoms with Gasteiger partial charge in [0.15, 0.2) is 6.29 Å². The third kappa shape index (κ3) is 2.93. The molecule has 1 heterocycles. The van der Waals surface area contributed by atoms with Crippen LogP contribution >= 0.6 is 0 Å². The average molecular weight is 298 g/mol. The largest absolute Gasteiger partial charge is 0.392 e. The van der Waals surface area contributed by atoms with Gasteiger partial charge in [0.25, 0.3) is 0 Å². The maximum Gasteiger partial charge on any atom is 0.184 e. The molecule has 1 N–H and O–H groups in total. The van der Waals surface area contributed by atoms with Crippen LogP contribution in [0.1, 0.15) is 36.3 Å². The first-order valence-electron chi connectivity index (χ1n) is 7.89.